The van der Waals surface area contributed by atoms with Gasteiger partial charge in [0.1, 0.15) is 5.75 Å². The van der Waals surface area contributed by atoms with Crippen LogP contribution in [0.2, 0.25) is 0 Å². The summed E-state index contributed by atoms with van der Waals surface area (Å²) in [5, 5.41) is 3.16. The lowest BCUT2D eigenvalue weighted by Gasteiger charge is -2.18. The van der Waals surface area contributed by atoms with Gasteiger partial charge in [-0.15, -0.1) is 0 Å². The first kappa shape index (κ1) is 13.5. The van der Waals surface area contributed by atoms with Gasteiger partial charge in [-0.2, -0.15) is 0 Å². The van der Waals surface area contributed by atoms with Crippen LogP contribution in [0.1, 0.15) is 5.56 Å². The largest absolute Gasteiger partial charge is 0.497 e. The molecule has 0 fully saturated rings. The monoisotopic (exact) mass is 282 g/mol. The SMILES string of the molecule is COc1ccc(NCC(=O)N2CCc3ccccc32)cc1. The van der Waals surface area contributed by atoms with Gasteiger partial charge in [0.2, 0.25) is 5.91 Å². The van der Waals surface area contributed by atoms with Crippen LogP contribution in [0.15, 0.2) is 48.5 Å². The van der Waals surface area contributed by atoms with E-state index in [2.05, 4.69) is 11.4 Å². The van der Waals surface area contributed by atoms with Gasteiger partial charge in [0, 0.05) is 17.9 Å². The molecule has 4 nitrogen and oxygen atoms in total. The number of benzene rings is 2. The fourth-order valence-corrected chi connectivity index (χ4v) is 2.58. The Balaban J connectivity index is 1.62. The van der Waals surface area contributed by atoms with E-state index in [1.807, 2.05) is 47.4 Å². The Hall–Kier alpha value is -2.49. The number of hydrogen-bond donors (Lipinski definition) is 1. The van der Waals surface area contributed by atoms with E-state index in [4.69, 9.17) is 4.74 Å². The molecule has 4 heteroatoms. The molecule has 0 bridgehead atoms. The van der Waals surface area contributed by atoms with Crippen LogP contribution in [-0.2, 0) is 11.2 Å². The summed E-state index contributed by atoms with van der Waals surface area (Å²) >= 11 is 0. The van der Waals surface area contributed by atoms with E-state index in [1.54, 1.807) is 7.11 Å². The van der Waals surface area contributed by atoms with Gasteiger partial charge in [-0.3, -0.25) is 4.79 Å². The molecule has 0 atom stereocenters. The molecule has 1 aliphatic rings. The highest BCUT2D eigenvalue weighted by Crippen LogP contribution is 2.27. The predicted molar refractivity (Wildman–Crippen MR) is 84.0 cm³/mol. The number of anilines is 2. The zero-order chi connectivity index (χ0) is 14.7. The third-order valence-electron chi connectivity index (χ3n) is 3.72. The highest BCUT2D eigenvalue weighted by molar-refractivity contribution is 5.98. The van der Waals surface area contributed by atoms with Gasteiger partial charge in [0.25, 0.3) is 0 Å². The standard InChI is InChI=1S/C17H18N2O2/c1-21-15-8-6-14(7-9-15)18-12-17(20)19-11-10-13-4-2-3-5-16(13)19/h2-9,18H,10-12H2,1H3. The molecular weight excluding hydrogens is 264 g/mol. The predicted octanol–water partition coefficient (Wildman–Crippen LogP) is 2.70. The lowest BCUT2D eigenvalue weighted by molar-refractivity contribution is -0.116. The van der Waals surface area contributed by atoms with Crippen molar-refractivity contribution in [3.05, 3.63) is 54.1 Å². The average Bonchev–Trinajstić information content (AvgIpc) is 2.97. The Kier molecular flexibility index (Phi) is 3.77. The topological polar surface area (TPSA) is 41.6 Å². The molecule has 0 unspecified atom stereocenters. The van der Waals surface area contributed by atoms with Crippen molar-refractivity contribution in [2.24, 2.45) is 0 Å². The van der Waals surface area contributed by atoms with Crippen LogP contribution >= 0.6 is 0 Å². The van der Waals surface area contributed by atoms with Crippen molar-refractivity contribution in [1.82, 2.24) is 0 Å². The quantitative estimate of drug-likeness (QED) is 0.937. The first-order valence-electron chi connectivity index (χ1n) is 7.04. The van der Waals surface area contributed by atoms with Gasteiger partial charge in [-0.25, -0.2) is 0 Å². The smallest absolute Gasteiger partial charge is 0.246 e. The van der Waals surface area contributed by atoms with Gasteiger partial charge in [0.05, 0.1) is 13.7 Å². The number of ether oxygens (including phenoxy) is 1. The third kappa shape index (κ3) is 2.84. The molecule has 1 aliphatic heterocycles. The number of carbonyl (C=O) groups is 1. The Morgan fingerprint density at radius 3 is 2.71 bits per heavy atom. The van der Waals surface area contributed by atoms with Crippen LogP contribution in [0.25, 0.3) is 0 Å². The minimum Gasteiger partial charge on any atom is -0.497 e. The third-order valence-corrected chi connectivity index (χ3v) is 3.72. The number of amides is 1. The van der Waals surface area contributed by atoms with E-state index in [1.165, 1.54) is 5.56 Å². The van der Waals surface area contributed by atoms with Crippen molar-refractivity contribution < 1.29 is 9.53 Å². The van der Waals surface area contributed by atoms with Crippen LogP contribution in [-0.4, -0.2) is 26.1 Å². The molecule has 21 heavy (non-hydrogen) atoms. The molecular formula is C17H18N2O2. The maximum atomic E-state index is 12.3. The molecule has 0 saturated heterocycles. The second-order valence-electron chi connectivity index (χ2n) is 5.01. The first-order chi connectivity index (χ1) is 10.3. The summed E-state index contributed by atoms with van der Waals surface area (Å²) in [6, 6.07) is 15.6. The summed E-state index contributed by atoms with van der Waals surface area (Å²) in [6.07, 6.45) is 0.935. The fraction of sp³-hybridized carbons (Fsp3) is 0.235. The molecule has 0 aliphatic carbocycles. The Labute approximate surface area is 124 Å². The molecule has 2 aromatic carbocycles. The summed E-state index contributed by atoms with van der Waals surface area (Å²) in [5.74, 6) is 0.899. The van der Waals surface area contributed by atoms with Gasteiger partial charge >= 0.3 is 0 Å². The van der Waals surface area contributed by atoms with E-state index in [9.17, 15) is 4.79 Å². The number of hydrogen-bond acceptors (Lipinski definition) is 3. The van der Waals surface area contributed by atoms with Crippen LogP contribution in [0.3, 0.4) is 0 Å². The number of carbonyl (C=O) groups excluding carboxylic acids is 1. The van der Waals surface area contributed by atoms with E-state index >= 15 is 0 Å². The molecule has 1 heterocycles. The maximum Gasteiger partial charge on any atom is 0.246 e. The normalized spacial score (nSPS) is 12.9. The molecule has 2 aromatic rings. The Morgan fingerprint density at radius 1 is 1.19 bits per heavy atom. The van der Waals surface area contributed by atoms with Crippen molar-refractivity contribution in [2.45, 2.75) is 6.42 Å². The van der Waals surface area contributed by atoms with Crippen molar-refractivity contribution >= 4 is 17.3 Å². The lowest BCUT2D eigenvalue weighted by Crippen LogP contribution is -2.34. The summed E-state index contributed by atoms with van der Waals surface area (Å²) in [6.45, 7) is 1.06. The van der Waals surface area contributed by atoms with Gasteiger partial charge in [-0.1, -0.05) is 18.2 Å². The molecule has 0 aromatic heterocycles. The average molecular weight is 282 g/mol. The Morgan fingerprint density at radius 2 is 1.95 bits per heavy atom. The van der Waals surface area contributed by atoms with Crippen LogP contribution < -0.4 is 15.0 Å². The van der Waals surface area contributed by atoms with E-state index in [0.717, 1.165) is 30.1 Å². The van der Waals surface area contributed by atoms with Crippen LogP contribution in [0.4, 0.5) is 11.4 Å². The van der Waals surface area contributed by atoms with Gasteiger partial charge in [-0.05, 0) is 42.3 Å². The fourth-order valence-electron chi connectivity index (χ4n) is 2.58. The zero-order valence-electron chi connectivity index (χ0n) is 12.0. The first-order valence-corrected chi connectivity index (χ1v) is 7.04. The van der Waals surface area contributed by atoms with Gasteiger partial charge in [0.15, 0.2) is 0 Å². The summed E-state index contributed by atoms with van der Waals surface area (Å²) < 4.78 is 5.11. The van der Waals surface area contributed by atoms with E-state index in [0.29, 0.717) is 6.54 Å². The molecule has 1 amide bonds. The summed E-state index contributed by atoms with van der Waals surface area (Å²) in [5.41, 5.74) is 3.20. The zero-order valence-corrected chi connectivity index (χ0v) is 12.0. The second-order valence-corrected chi connectivity index (χ2v) is 5.01. The number of fused-ring (bicyclic) bond motifs is 1. The minimum atomic E-state index is 0.0933. The molecule has 3 rings (SSSR count). The lowest BCUT2D eigenvalue weighted by atomic mass is 10.2. The number of methoxy groups -OCH3 is 1. The molecule has 0 radical (unpaired) electrons. The number of nitrogens with one attached hydrogen (secondary N) is 1. The van der Waals surface area contributed by atoms with Crippen molar-refractivity contribution in [3.8, 4) is 5.75 Å². The summed E-state index contributed by atoms with van der Waals surface area (Å²) in [4.78, 5) is 14.2. The van der Waals surface area contributed by atoms with Gasteiger partial charge < -0.3 is 15.0 Å². The van der Waals surface area contributed by atoms with E-state index < -0.39 is 0 Å². The highest BCUT2D eigenvalue weighted by Gasteiger charge is 2.23. The molecule has 108 valence electrons. The van der Waals surface area contributed by atoms with Crippen molar-refractivity contribution in [3.63, 3.8) is 0 Å². The highest BCUT2D eigenvalue weighted by atomic mass is 16.5. The molecule has 0 saturated carbocycles. The molecule has 1 N–H and O–H groups in total. The molecule has 0 spiro atoms. The number of rotatable bonds is 4. The minimum absolute atomic E-state index is 0.0933. The van der Waals surface area contributed by atoms with E-state index in [-0.39, 0.29) is 5.91 Å². The number of nitrogens with zero attached hydrogens (tertiary/aromatic N) is 1. The maximum absolute atomic E-state index is 12.3. The van der Waals surface area contributed by atoms with Crippen molar-refractivity contribution in [1.29, 1.82) is 0 Å². The summed E-state index contributed by atoms with van der Waals surface area (Å²) in [7, 11) is 1.64. The second kappa shape index (κ2) is 5.87. The van der Waals surface area contributed by atoms with Crippen LogP contribution in [0, 0.1) is 0 Å². The Bertz CT molecular complexity index is 637. The van der Waals surface area contributed by atoms with Crippen LogP contribution in [0.5, 0.6) is 5.75 Å². The number of para-hydroxylation sites is 1. The van der Waals surface area contributed by atoms with Crippen molar-refractivity contribution in [2.75, 3.05) is 30.4 Å².